The summed E-state index contributed by atoms with van der Waals surface area (Å²) in [6, 6.07) is 4.14. The molecule has 1 aromatic rings. The number of carbonyl (C=O) groups excluding carboxylic acids is 1. The molecule has 0 saturated carbocycles. The Hall–Kier alpha value is -1.22. The molecule has 0 heterocycles. The van der Waals surface area contributed by atoms with Crippen molar-refractivity contribution in [1.82, 2.24) is 0 Å². The molecule has 12 heavy (non-hydrogen) atoms. The Morgan fingerprint density at radius 2 is 2.25 bits per heavy atom. The predicted octanol–water partition coefficient (Wildman–Crippen LogP) is 1.31. The van der Waals surface area contributed by atoms with Gasteiger partial charge in [0.15, 0.2) is 5.78 Å². The van der Waals surface area contributed by atoms with Crippen LogP contribution in [0.3, 0.4) is 0 Å². The van der Waals surface area contributed by atoms with Gasteiger partial charge in [-0.3, -0.25) is 4.79 Å². The highest BCUT2D eigenvalue weighted by molar-refractivity contribution is 5.96. The summed E-state index contributed by atoms with van der Waals surface area (Å²) in [6.07, 6.45) is 0. The number of hydrogen-bond acceptors (Lipinski definition) is 2. The molecule has 0 saturated heterocycles. The molecule has 0 atom stereocenters. The normalized spacial score (nSPS) is 9.92. The summed E-state index contributed by atoms with van der Waals surface area (Å²) in [6.45, 7) is 1.03. The lowest BCUT2D eigenvalue weighted by atomic mass is 10.1. The number of benzene rings is 1. The lowest BCUT2D eigenvalue weighted by Crippen LogP contribution is -2.04. The van der Waals surface area contributed by atoms with Gasteiger partial charge >= 0.3 is 0 Å². The molecule has 0 bridgehead atoms. The molecule has 0 aliphatic heterocycles. The number of aryl methyl sites for hydroxylation is 1. The second kappa shape index (κ2) is 3.45. The first-order chi connectivity index (χ1) is 5.65. The summed E-state index contributed by atoms with van der Waals surface area (Å²) < 4.78 is 12.8. The minimum absolute atomic E-state index is 0.209. The maximum absolute atomic E-state index is 12.8. The number of Topliss-reactive ketones (excluding diaryl/α,β-unsaturated/α-hetero) is 1. The summed E-state index contributed by atoms with van der Waals surface area (Å²) in [7, 11) is 0. The van der Waals surface area contributed by atoms with E-state index in [4.69, 9.17) is 5.11 Å². The minimum atomic E-state index is -0.581. The second-order valence-electron chi connectivity index (χ2n) is 2.55. The van der Waals surface area contributed by atoms with Crippen LogP contribution in [0.5, 0.6) is 0 Å². The van der Waals surface area contributed by atoms with E-state index < -0.39 is 18.2 Å². The number of ketones is 1. The zero-order valence-corrected chi connectivity index (χ0v) is 6.67. The fourth-order valence-electron chi connectivity index (χ4n) is 0.858. The van der Waals surface area contributed by atoms with Crippen LogP contribution in [0.1, 0.15) is 15.9 Å². The van der Waals surface area contributed by atoms with Crippen LogP contribution in [-0.4, -0.2) is 17.5 Å². The summed E-state index contributed by atoms with van der Waals surface area (Å²) in [5.41, 5.74) is 0.699. The Labute approximate surface area is 69.6 Å². The quantitative estimate of drug-likeness (QED) is 0.676. The van der Waals surface area contributed by atoms with Gasteiger partial charge < -0.3 is 5.11 Å². The molecule has 64 valence electrons. The van der Waals surface area contributed by atoms with Crippen LogP contribution in [-0.2, 0) is 0 Å². The van der Waals surface area contributed by atoms with E-state index in [0.29, 0.717) is 5.56 Å². The van der Waals surface area contributed by atoms with Crippen LogP contribution < -0.4 is 0 Å². The van der Waals surface area contributed by atoms with Gasteiger partial charge in [-0.15, -0.1) is 0 Å². The van der Waals surface area contributed by atoms with E-state index in [1.54, 1.807) is 6.92 Å². The van der Waals surface area contributed by atoms with Crippen LogP contribution in [0, 0.1) is 12.7 Å². The van der Waals surface area contributed by atoms with Crippen molar-refractivity contribution in [1.29, 1.82) is 0 Å². The topological polar surface area (TPSA) is 37.3 Å². The molecule has 1 N–H and O–H groups in total. The average molecular weight is 168 g/mol. The van der Waals surface area contributed by atoms with Gasteiger partial charge in [0.1, 0.15) is 12.4 Å². The van der Waals surface area contributed by atoms with Gasteiger partial charge in [0.05, 0.1) is 0 Å². The molecule has 0 radical (unpaired) electrons. The van der Waals surface area contributed by atoms with Crippen molar-refractivity contribution >= 4 is 5.78 Å². The van der Waals surface area contributed by atoms with Gasteiger partial charge in [-0.05, 0) is 18.6 Å². The van der Waals surface area contributed by atoms with Crippen molar-refractivity contribution < 1.29 is 14.3 Å². The van der Waals surface area contributed by atoms with Gasteiger partial charge in [0.2, 0.25) is 0 Å². The highest BCUT2D eigenvalue weighted by Crippen LogP contribution is 2.09. The molecule has 0 aliphatic carbocycles. The monoisotopic (exact) mass is 168 g/mol. The van der Waals surface area contributed by atoms with Crippen molar-refractivity contribution in [2.75, 3.05) is 6.61 Å². The molecule has 0 spiro atoms. The van der Waals surface area contributed by atoms with Gasteiger partial charge in [0.25, 0.3) is 0 Å². The third kappa shape index (κ3) is 1.68. The lowest BCUT2D eigenvalue weighted by Gasteiger charge is -1.99. The number of aliphatic hydroxyl groups is 1. The van der Waals surface area contributed by atoms with Crippen LogP contribution in [0.25, 0.3) is 0 Å². The van der Waals surface area contributed by atoms with Gasteiger partial charge in [-0.25, -0.2) is 4.39 Å². The molecule has 0 aromatic heterocycles. The summed E-state index contributed by atoms with van der Waals surface area (Å²) >= 11 is 0. The number of carbonyl (C=O) groups is 1. The molecule has 3 heteroatoms. The van der Waals surface area contributed by atoms with Crippen LogP contribution in [0.4, 0.5) is 4.39 Å². The SMILES string of the molecule is Cc1ccc(C(=O)CO)cc1F. The fourth-order valence-corrected chi connectivity index (χ4v) is 0.858. The summed E-state index contributed by atoms with van der Waals surface area (Å²) in [5.74, 6) is -0.886. The molecule has 1 aromatic carbocycles. The molecule has 0 aliphatic rings. The summed E-state index contributed by atoms with van der Waals surface area (Å²) in [5, 5.41) is 8.48. The van der Waals surface area contributed by atoms with E-state index in [0.717, 1.165) is 6.07 Å². The molecule has 0 unspecified atom stereocenters. The first-order valence-electron chi connectivity index (χ1n) is 3.55. The Kier molecular flexibility index (Phi) is 2.55. The first-order valence-corrected chi connectivity index (χ1v) is 3.55. The second-order valence-corrected chi connectivity index (χ2v) is 2.55. The zero-order valence-electron chi connectivity index (χ0n) is 6.67. The van der Waals surface area contributed by atoms with E-state index in [9.17, 15) is 9.18 Å². The molecular formula is C9H9FO2. The van der Waals surface area contributed by atoms with Crippen molar-refractivity contribution in [2.45, 2.75) is 6.92 Å². The van der Waals surface area contributed by atoms with E-state index in [1.165, 1.54) is 12.1 Å². The highest BCUT2D eigenvalue weighted by atomic mass is 19.1. The number of aliphatic hydroxyl groups excluding tert-OH is 1. The maximum Gasteiger partial charge on any atom is 0.188 e. The standard InChI is InChI=1S/C9H9FO2/c1-6-2-3-7(4-8(6)10)9(12)5-11/h2-4,11H,5H2,1H3. The third-order valence-corrected chi connectivity index (χ3v) is 1.64. The molecular weight excluding hydrogens is 159 g/mol. The third-order valence-electron chi connectivity index (χ3n) is 1.64. The van der Waals surface area contributed by atoms with Gasteiger partial charge in [0, 0.05) is 5.56 Å². The van der Waals surface area contributed by atoms with E-state index in [-0.39, 0.29) is 5.56 Å². The zero-order chi connectivity index (χ0) is 9.14. The highest BCUT2D eigenvalue weighted by Gasteiger charge is 2.05. The molecule has 1 rings (SSSR count). The average Bonchev–Trinajstić information content (AvgIpc) is 2.08. The van der Waals surface area contributed by atoms with Crippen molar-refractivity contribution in [3.8, 4) is 0 Å². The minimum Gasteiger partial charge on any atom is -0.388 e. The summed E-state index contributed by atoms with van der Waals surface area (Å²) in [4.78, 5) is 10.9. The first kappa shape index (κ1) is 8.87. The Morgan fingerprint density at radius 1 is 1.58 bits per heavy atom. The predicted molar refractivity (Wildman–Crippen MR) is 42.6 cm³/mol. The van der Waals surface area contributed by atoms with E-state index in [2.05, 4.69) is 0 Å². The largest absolute Gasteiger partial charge is 0.388 e. The van der Waals surface area contributed by atoms with Gasteiger partial charge in [-0.1, -0.05) is 12.1 Å². The Bertz CT molecular complexity index is 307. The lowest BCUT2D eigenvalue weighted by molar-refractivity contribution is 0.0903. The van der Waals surface area contributed by atoms with Crippen LogP contribution in [0.15, 0.2) is 18.2 Å². The van der Waals surface area contributed by atoms with Crippen LogP contribution >= 0.6 is 0 Å². The number of halogens is 1. The van der Waals surface area contributed by atoms with Crippen molar-refractivity contribution in [3.05, 3.63) is 35.1 Å². The molecule has 0 amide bonds. The smallest absolute Gasteiger partial charge is 0.188 e. The van der Waals surface area contributed by atoms with Gasteiger partial charge in [-0.2, -0.15) is 0 Å². The van der Waals surface area contributed by atoms with Crippen molar-refractivity contribution in [3.63, 3.8) is 0 Å². The fraction of sp³-hybridized carbons (Fsp3) is 0.222. The Morgan fingerprint density at radius 3 is 2.75 bits per heavy atom. The van der Waals surface area contributed by atoms with Crippen LogP contribution in [0.2, 0.25) is 0 Å². The van der Waals surface area contributed by atoms with E-state index in [1.807, 2.05) is 0 Å². The van der Waals surface area contributed by atoms with Crippen molar-refractivity contribution in [2.24, 2.45) is 0 Å². The molecule has 0 fully saturated rings. The number of rotatable bonds is 2. The van der Waals surface area contributed by atoms with E-state index >= 15 is 0 Å². The number of hydrogen-bond donors (Lipinski definition) is 1. The maximum atomic E-state index is 12.8. The molecule has 2 nitrogen and oxygen atoms in total. The Balaban J connectivity index is 3.05.